The molecule has 26 heavy (non-hydrogen) atoms. The quantitative estimate of drug-likeness (QED) is 0.684. The summed E-state index contributed by atoms with van der Waals surface area (Å²) >= 11 is 5.90. The van der Waals surface area contributed by atoms with Crippen LogP contribution in [0, 0.1) is 5.82 Å². The van der Waals surface area contributed by atoms with Crippen LogP contribution in [0.5, 0.6) is 0 Å². The summed E-state index contributed by atoms with van der Waals surface area (Å²) in [6.07, 6.45) is 3.07. The molecule has 0 spiro atoms. The second-order valence-electron chi connectivity index (χ2n) is 6.34. The van der Waals surface area contributed by atoms with Crippen LogP contribution in [-0.2, 0) is 10.0 Å². The van der Waals surface area contributed by atoms with E-state index in [2.05, 4.69) is 15.0 Å². The molecule has 0 aliphatic heterocycles. The molecule has 0 bridgehead atoms. The van der Waals surface area contributed by atoms with Crippen LogP contribution in [0.1, 0.15) is 42.3 Å². The first-order chi connectivity index (χ1) is 12.3. The molecule has 3 aromatic rings. The van der Waals surface area contributed by atoms with E-state index in [1.807, 2.05) is 0 Å². The van der Waals surface area contributed by atoms with Crippen molar-refractivity contribution in [2.75, 3.05) is 0 Å². The molecule has 1 saturated carbocycles. The maximum Gasteiger partial charge on any atom is 0.224 e. The van der Waals surface area contributed by atoms with E-state index in [0.717, 1.165) is 12.8 Å². The van der Waals surface area contributed by atoms with Crippen LogP contribution < -0.4 is 5.14 Å². The second kappa shape index (κ2) is 5.97. The second-order valence-corrected chi connectivity index (χ2v) is 8.56. The molecule has 10 heteroatoms. The van der Waals surface area contributed by atoms with Gasteiger partial charge < -0.3 is 0 Å². The number of primary sulfonamides is 1. The SMILES string of the molecule is CC(c1cccc(-n2c(C3CC3)c(F)c3cnc(Cl)nc32)n1)S(N)(=O)=O. The first kappa shape index (κ1) is 17.3. The molecule has 3 aromatic heterocycles. The van der Waals surface area contributed by atoms with Gasteiger partial charge in [0.15, 0.2) is 11.5 Å². The van der Waals surface area contributed by atoms with Crippen molar-refractivity contribution < 1.29 is 12.8 Å². The van der Waals surface area contributed by atoms with E-state index < -0.39 is 21.1 Å². The van der Waals surface area contributed by atoms with Crippen LogP contribution in [-0.4, -0.2) is 27.9 Å². The van der Waals surface area contributed by atoms with E-state index in [4.69, 9.17) is 16.7 Å². The third-order valence-electron chi connectivity index (χ3n) is 4.51. The summed E-state index contributed by atoms with van der Waals surface area (Å²) in [5.41, 5.74) is 1.04. The van der Waals surface area contributed by atoms with Crippen LogP contribution in [0.25, 0.3) is 16.9 Å². The van der Waals surface area contributed by atoms with Gasteiger partial charge in [0.1, 0.15) is 11.1 Å². The third kappa shape index (κ3) is 2.85. The van der Waals surface area contributed by atoms with Gasteiger partial charge in [-0.2, -0.15) is 4.98 Å². The predicted molar refractivity (Wildman–Crippen MR) is 95.1 cm³/mol. The minimum atomic E-state index is -3.81. The molecule has 1 aliphatic rings. The van der Waals surface area contributed by atoms with E-state index >= 15 is 0 Å². The lowest BCUT2D eigenvalue weighted by Gasteiger charge is -2.13. The summed E-state index contributed by atoms with van der Waals surface area (Å²) < 4.78 is 39.9. The molecule has 7 nitrogen and oxygen atoms in total. The minimum absolute atomic E-state index is 0.00680. The molecule has 3 heterocycles. The lowest BCUT2D eigenvalue weighted by Crippen LogP contribution is -2.20. The monoisotopic (exact) mass is 395 g/mol. The van der Waals surface area contributed by atoms with E-state index in [-0.39, 0.29) is 22.3 Å². The van der Waals surface area contributed by atoms with Crippen molar-refractivity contribution in [3.63, 3.8) is 0 Å². The number of aromatic nitrogens is 4. The average Bonchev–Trinajstić information content (AvgIpc) is 3.38. The molecule has 0 amide bonds. The van der Waals surface area contributed by atoms with E-state index in [0.29, 0.717) is 17.2 Å². The Hall–Kier alpha value is -2.10. The van der Waals surface area contributed by atoms with Crippen molar-refractivity contribution in [2.24, 2.45) is 5.14 Å². The highest BCUT2D eigenvalue weighted by Gasteiger charge is 2.34. The number of fused-ring (bicyclic) bond motifs is 1. The van der Waals surface area contributed by atoms with Gasteiger partial charge in [0.2, 0.25) is 15.3 Å². The molecular weight excluding hydrogens is 381 g/mol. The van der Waals surface area contributed by atoms with Crippen molar-refractivity contribution in [1.29, 1.82) is 0 Å². The largest absolute Gasteiger partial charge is 0.279 e. The lowest BCUT2D eigenvalue weighted by molar-refractivity contribution is 0.586. The van der Waals surface area contributed by atoms with Gasteiger partial charge >= 0.3 is 0 Å². The lowest BCUT2D eigenvalue weighted by atomic mass is 10.2. The predicted octanol–water partition coefficient (Wildman–Crippen LogP) is 2.83. The molecule has 1 unspecified atom stereocenters. The van der Waals surface area contributed by atoms with Gasteiger partial charge in [0.25, 0.3) is 0 Å². The van der Waals surface area contributed by atoms with Crippen molar-refractivity contribution in [3.05, 3.63) is 46.9 Å². The fraction of sp³-hybridized carbons (Fsp3) is 0.312. The number of nitrogens with two attached hydrogens (primary N) is 1. The Kier molecular flexibility index (Phi) is 3.98. The van der Waals surface area contributed by atoms with E-state index in [1.165, 1.54) is 13.1 Å². The van der Waals surface area contributed by atoms with Crippen LogP contribution in [0.4, 0.5) is 4.39 Å². The highest BCUT2D eigenvalue weighted by Crippen LogP contribution is 2.44. The molecule has 4 rings (SSSR count). The summed E-state index contributed by atoms with van der Waals surface area (Å²) in [5, 5.41) is 4.49. The van der Waals surface area contributed by atoms with E-state index in [9.17, 15) is 12.8 Å². The maximum atomic E-state index is 15.0. The zero-order valence-corrected chi connectivity index (χ0v) is 15.3. The smallest absolute Gasteiger partial charge is 0.224 e. The van der Waals surface area contributed by atoms with Gasteiger partial charge in [-0.1, -0.05) is 6.07 Å². The van der Waals surface area contributed by atoms with Crippen molar-refractivity contribution in [2.45, 2.75) is 30.9 Å². The summed E-state index contributed by atoms with van der Waals surface area (Å²) in [4.78, 5) is 12.4. The molecule has 1 aliphatic carbocycles. The third-order valence-corrected chi connectivity index (χ3v) is 5.92. The Morgan fingerprint density at radius 1 is 1.35 bits per heavy atom. The first-order valence-corrected chi connectivity index (χ1v) is 9.97. The highest BCUT2D eigenvalue weighted by atomic mass is 35.5. The summed E-state index contributed by atoms with van der Waals surface area (Å²) in [5.74, 6) is 0.0264. The zero-order chi connectivity index (χ0) is 18.6. The topological polar surface area (TPSA) is 104 Å². The van der Waals surface area contributed by atoms with Crippen LogP contribution in [0.3, 0.4) is 0 Å². The molecule has 2 N–H and O–H groups in total. The number of hydrogen-bond donors (Lipinski definition) is 1. The Bertz CT molecular complexity index is 1130. The molecule has 0 aromatic carbocycles. The van der Waals surface area contributed by atoms with Gasteiger partial charge in [-0.25, -0.2) is 27.9 Å². The number of nitrogens with zero attached hydrogens (tertiary/aromatic N) is 4. The number of hydrogen-bond acceptors (Lipinski definition) is 5. The number of pyridine rings is 1. The van der Waals surface area contributed by atoms with Crippen LogP contribution in [0.15, 0.2) is 24.4 Å². The Morgan fingerprint density at radius 3 is 2.73 bits per heavy atom. The van der Waals surface area contributed by atoms with Gasteiger partial charge in [-0.05, 0) is 43.5 Å². The fourth-order valence-electron chi connectivity index (χ4n) is 2.94. The standard InChI is InChI=1S/C16H15ClFN5O2S/c1-8(26(19,24)25)11-3-2-4-12(21-11)23-14(9-5-6-9)13(18)10-7-20-16(17)22-15(10)23/h2-4,7-9H,5-6H2,1H3,(H2,19,24,25). The van der Waals surface area contributed by atoms with Crippen molar-refractivity contribution >= 4 is 32.7 Å². The molecule has 0 radical (unpaired) electrons. The van der Waals surface area contributed by atoms with Gasteiger partial charge in [0, 0.05) is 12.1 Å². The maximum absolute atomic E-state index is 15.0. The molecule has 1 atom stereocenters. The summed E-state index contributed by atoms with van der Waals surface area (Å²) in [6.45, 7) is 1.45. The summed E-state index contributed by atoms with van der Waals surface area (Å²) in [7, 11) is -3.81. The van der Waals surface area contributed by atoms with E-state index in [1.54, 1.807) is 22.8 Å². The highest BCUT2D eigenvalue weighted by molar-refractivity contribution is 7.89. The molecular formula is C16H15ClFN5O2S. The van der Waals surface area contributed by atoms with Gasteiger partial charge in [0.05, 0.1) is 16.8 Å². The number of rotatable bonds is 4. The van der Waals surface area contributed by atoms with Crippen LogP contribution in [0.2, 0.25) is 5.28 Å². The minimum Gasteiger partial charge on any atom is -0.279 e. The average molecular weight is 396 g/mol. The van der Waals surface area contributed by atoms with Crippen LogP contribution >= 0.6 is 11.6 Å². The van der Waals surface area contributed by atoms with Crippen molar-refractivity contribution in [3.8, 4) is 5.82 Å². The normalized spacial score (nSPS) is 16.2. The molecule has 1 fully saturated rings. The Morgan fingerprint density at radius 2 is 2.08 bits per heavy atom. The van der Waals surface area contributed by atoms with Crippen molar-refractivity contribution in [1.82, 2.24) is 19.5 Å². The summed E-state index contributed by atoms with van der Waals surface area (Å²) in [6, 6.07) is 4.89. The Labute approximate surface area is 154 Å². The number of halogens is 2. The first-order valence-electron chi connectivity index (χ1n) is 7.98. The van der Waals surface area contributed by atoms with Gasteiger partial charge in [-0.3, -0.25) is 4.57 Å². The molecule has 136 valence electrons. The fourth-order valence-corrected chi connectivity index (χ4v) is 3.53. The molecule has 0 saturated heterocycles. The zero-order valence-electron chi connectivity index (χ0n) is 13.7. The van der Waals surface area contributed by atoms with Gasteiger partial charge in [-0.15, -0.1) is 0 Å². The Balaban J connectivity index is 1.97. The number of sulfonamides is 1.